The van der Waals surface area contributed by atoms with E-state index < -0.39 is 24.9 Å². The van der Waals surface area contributed by atoms with Crippen molar-refractivity contribution < 1.29 is 18.4 Å². The largest absolute Gasteiger partial charge is 0.520 e. The lowest BCUT2D eigenvalue weighted by molar-refractivity contribution is -0.141. The molecule has 1 aliphatic heterocycles. The van der Waals surface area contributed by atoms with Gasteiger partial charge in [-0.2, -0.15) is 0 Å². The molecule has 1 saturated heterocycles. The normalized spacial score (nSPS) is 24.6. The Labute approximate surface area is 168 Å². The van der Waals surface area contributed by atoms with E-state index in [0.717, 1.165) is 12.1 Å². The Morgan fingerprint density at radius 3 is 1.81 bits per heavy atom. The number of rotatable bonds is 7. The molecule has 1 fully saturated rings. The van der Waals surface area contributed by atoms with Crippen LogP contribution in [-0.2, 0) is 18.4 Å². The molecular weight excluding hydrogens is 390 g/mol. The topological polar surface area (TPSA) is 55.8 Å². The minimum absolute atomic E-state index is 0.102. The molecule has 27 heavy (non-hydrogen) atoms. The second-order valence-corrected chi connectivity index (χ2v) is 24.5. The van der Waals surface area contributed by atoms with Crippen LogP contribution in [-0.4, -0.2) is 54.0 Å². The first-order valence-corrected chi connectivity index (χ1v) is 20.1. The Hall–Kier alpha value is -0.709. The molecule has 1 heterocycles. The fourth-order valence-electron chi connectivity index (χ4n) is 3.62. The molecule has 0 N–H and O–H groups in total. The summed E-state index contributed by atoms with van der Waals surface area (Å²) in [6.45, 7) is 25.7. The molecule has 0 aromatic rings. The van der Waals surface area contributed by atoms with Crippen LogP contribution in [0, 0.1) is 11.8 Å². The van der Waals surface area contributed by atoms with Gasteiger partial charge in [0.2, 0.25) is 16.6 Å². The molecule has 0 spiro atoms. The van der Waals surface area contributed by atoms with Crippen molar-refractivity contribution >= 4 is 36.8 Å². The minimum Gasteiger partial charge on any atom is -0.520 e. The van der Waals surface area contributed by atoms with E-state index in [1.807, 2.05) is 46.2 Å². The van der Waals surface area contributed by atoms with E-state index in [1.165, 1.54) is 0 Å². The van der Waals surface area contributed by atoms with Gasteiger partial charge in [-0.25, -0.2) is 0 Å². The summed E-state index contributed by atoms with van der Waals surface area (Å²) < 4.78 is 13.9. The van der Waals surface area contributed by atoms with E-state index in [2.05, 4.69) is 30.8 Å². The Morgan fingerprint density at radius 2 is 1.44 bits per heavy atom. The summed E-state index contributed by atoms with van der Waals surface area (Å²) in [6.07, 6.45) is 0.244. The van der Waals surface area contributed by atoms with Crippen LogP contribution in [0.5, 0.6) is 0 Å². The third kappa shape index (κ3) is 7.32. The zero-order valence-electron chi connectivity index (χ0n) is 18.9. The first kappa shape index (κ1) is 24.3. The predicted octanol–water partition coefficient (Wildman–Crippen LogP) is 4.46. The van der Waals surface area contributed by atoms with E-state index in [-0.39, 0.29) is 36.2 Å². The molecular formula is C19H39NO4Si3. The monoisotopic (exact) mass is 429 g/mol. The maximum Gasteiger partial charge on any atom is 0.309 e. The molecule has 156 valence electrons. The highest BCUT2D eigenvalue weighted by Crippen LogP contribution is 2.40. The van der Waals surface area contributed by atoms with Crippen molar-refractivity contribution in [3.8, 4) is 0 Å². The first-order valence-electron chi connectivity index (χ1n) is 9.79. The van der Waals surface area contributed by atoms with Crippen LogP contribution in [0.1, 0.15) is 13.3 Å². The van der Waals surface area contributed by atoms with Crippen molar-refractivity contribution in [1.82, 2.24) is 4.57 Å². The van der Waals surface area contributed by atoms with Crippen LogP contribution < -0.4 is 0 Å². The minimum atomic E-state index is -2.03. The van der Waals surface area contributed by atoms with Gasteiger partial charge in [0, 0.05) is 12.3 Å². The third-order valence-electron chi connectivity index (χ3n) is 4.62. The van der Waals surface area contributed by atoms with Gasteiger partial charge < -0.3 is 13.4 Å². The first-order chi connectivity index (χ1) is 11.9. The van der Waals surface area contributed by atoms with Gasteiger partial charge in [-0.3, -0.25) is 9.59 Å². The van der Waals surface area contributed by atoms with E-state index in [4.69, 9.17) is 8.85 Å². The van der Waals surface area contributed by atoms with Crippen LogP contribution in [0.4, 0.5) is 0 Å². The number of hydrogen-bond donors (Lipinski definition) is 0. The maximum absolute atomic E-state index is 13.2. The molecule has 1 aliphatic rings. The lowest BCUT2D eigenvalue weighted by atomic mass is 9.84. The Bertz CT molecular complexity index is 587. The van der Waals surface area contributed by atoms with Crippen LogP contribution in [0.2, 0.25) is 58.9 Å². The van der Waals surface area contributed by atoms with Gasteiger partial charge in [-0.15, -0.1) is 0 Å². The summed E-state index contributed by atoms with van der Waals surface area (Å²) in [4.78, 5) is 25.8. The molecule has 0 aliphatic carbocycles. The Morgan fingerprint density at radius 1 is 0.963 bits per heavy atom. The van der Waals surface area contributed by atoms with Crippen molar-refractivity contribution in [1.29, 1.82) is 0 Å². The molecule has 8 heteroatoms. The van der Waals surface area contributed by atoms with Crippen LogP contribution in [0.15, 0.2) is 12.2 Å². The van der Waals surface area contributed by atoms with Crippen LogP contribution in [0.3, 0.4) is 0 Å². The summed E-state index contributed by atoms with van der Waals surface area (Å²) in [5, 5.41) is 0. The van der Waals surface area contributed by atoms with Crippen molar-refractivity contribution in [2.75, 3.05) is 6.54 Å². The Balaban J connectivity index is 3.25. The second kappa shape index (κ2) is 8.34. The molecule has 0 aromatic heterocycles. The molecule has 0 saturated carbocycles. The van der Waals surface area contributed by atoms with Crippen molar-refractivity contribution in [2.24, 2.45) is 11.8 Å². The maximum atomic E-state index is 13.2. The van der Waals surface area contributed by atoms with Gasteiger partial charge in [-0.05, 0) is 58.7 Å². The molecule has 0 amide bonds. The zero-order valence-corrected chi connectivity index (χ0v) is 21.9. The summed E-state index contributed by atoms with van der Waals surface area (Å²) in [5.41, 5.74) is 1.02. The van der Waals surface area contributed by atoms with E-state index in [1.54, 1.807) is 0 Å². The fraction of sp³-hybridized carbons (Fsp3) is 0.789. The molecule has 5 nitrogen and oxygen atoms in total. The lowest BCUT2D eigenvalue weighted by Gasteiger charge is -2.37. The van der Waals surface area contributed by atoms with Gasteiger partial charge >= 0.3 is 5.97 Å². The van der Waals surface area contributed by atoms with Gasteiger partial charge in [-0.1, -0.05) is 31.8 Å². The highest BCUT2D eigenvalue weighted by Gasteiger charge is 2.51. The van der Waals surface area contributed by atoms with E-state index in [0.29, 0.717) is 0 Å². The number of hydrogen-bond acceptors (Lipinski definition) is 5. The summed E-state index contributed by atoms with van der Waals surface area (Å²) >= 11 is 0. The zero-order chi connectivity index (χ0) is 21.4. The van der Waals surface area contributed by atoms with Crippen LogP contribution >= 0.6 is 0 Å². The van der Waals surface area contributed by atoms with E-state index >= 15 is 0 Å². The van der Waals surface area contributed by atoms with Crippen molar-refractivity contribution in [3.05, 3.63) is 12.2 Å². The Kier molecular flexibility index (Phi) is 7.52. The lowest BCUT2D eigenvalue weighted by Crippen LogP contribution is -2.54. The highest BCUT2D eigenvalue weighted by atomic mass is 28.4. The second-order valence-electron chi connectivity index (χ2n) is 10.7. The summed E-state index contributed by atoms with van der Waals surface area (Å²) in [7, 11) is -5.78. The summed E-state index contributed by atoms with van der Waals surface area (Å²) in [5.74, 6) is -0.410. The third-order valence-corrected chi connectivity index (χ3v) is 8.45. The average Bonchev–Trinajstić information content (AvgIpc) is 2.73. The summed E-state index contributed by atoms with van der Waals surface area (Å²) in [6, 6.07) is -0.390. The highest BCUT2D eigenvalue weighted by molar-refractivity contribution is 6.74. The van der Waals surface area contributed by atoms with E-state index in [9.17, 15) is 9.59 Å². The quantitative estimate of drug-likeness (QED) is 0.442. The standard InChI is InChI=1S/C19H39NO4Si3/c1-14(2)16-13-20(25(3,4)5)18(19(22)24-27(9,10)11)15(16)12-17(21)23-26(6,7)8/h15-16,18H,1,12-13H2,2-11H3. The molecule has 3 atom stereocenters. The molecule has 1 rings (SSSR count). The van der Waals surface area contributed by atoms with Gasteiger partial charge in [0.25, 0.3) is 5.97 Å². The molecule has 0 aromatic carbocycles. The smallest absolute Gasteiger partial charge is 0.309 e. The number of nitrogens with zero attached hydrogens (tertiary/aromatic N) is 1. The van der Waals surface area contributed by atoms with Gasteiger partial charge in [0.05, 0.1) is 0 Å². The molecule has 0 bridgehead atoms. The number of carbonyl (C=O) groups excluding carboxylic acids is 2. The fourth-order valence-corrected chi connectivity index (χ4v) is 6.98. The van der Waals surface area contributed by atoms with Crippen molar-refractivity contribution in [2.45, 2.75) is 78.3 Å². The SMILES string of the molecule is C=C(C)C1CN([Si](C)(C)C)C(C(=O)O[Si](C)(C)C)C1CC(=O)O[Si](C)(C)C. The van der Waals surface area contributed by atoms with Gasteiger partial charge in [0.1, 0.15) is 14.3 Å². The van der Waals surface area contributed by atoms with Crippen LogP contribution in [0.25, 0.3) is 0 Å². The molecule has 3 unspecified atom stereocenters. The number of carbonyl (C=O) groups is 2. The molecule has 0 radical (unpaired) electrons. The van der Waals surface area contributed by atoms with Gasteiger partial charge in [0.15, 0.2) is 0 Å². The predicted molar refractivity (Wildman–Crippen MR) is 119 cm³/mol. The van der Waals surface area contributed by atoms with Crippen molar-refractivity contribution in [3.63, 3.8) is 0 Å². The average molecular weight is 430 g/mol.